The first kappa shape index (κ1) is 14.6. The van der Waals surface area contributed by atoms with E-state index in [1.807, 2.05) is 35.2 Å². The largest absolute Gasteiger partial charge is 0.334 e. The van der Waals surface area contributed by atoms with Crippen LogP contribution in [0, 0.1) is 6.92 Å². The number of aryl methyl sites for hydroxylation is 2. The number of hydrogen-bond donors (Lipinski definition) is 1. The van der Waals surface area contributed by atoms with Crippen molar-refractivity contribution >= 4 is 11.7 Å². The second-order valence-electron chi connectivity index (χ2n) is 5.89. The van der Waals surface area contributed by atoms with Crippen molar-refractivity contribution < 1.29 is 4.79 Å². The van der Waals surface area contributed by atoms with Crippen LogP contribution in [0.5, 0.6) is 0 Å². The Morgan fingerprint density at radius 1 is 1.14 bits per heavy atom. The number of rotatable bonds is 2. The van der Waals surface area contributed by atoms with Crippen molar-refractivity contribution in [1.29, 1.82) is 0 Å². The van der Waals surface area contributed by atoms with Gasteiger partial charge < -0.3 is 5.32 Å². The molecule has 114 valence electrons. The normalized spacial score (nSPS) is 14.1. The Bertz CT molecular complexity index is 666. The van der Waals surface area contributed by atoms with Gasteiger partial charge in [0.25, 0.3) is 0 Å². The summed E-state index contributed by atoms with van der Waals surface area (Å²) in [5.41, 5.74) is 4.68. The molecule has 0 fully saturated rings. The molecular formula is C19H22N2O. The Kier molecular flexibility index (Phi) is 4.42. The number of carbonyl (C=O) groups is 1. The lowest BCUT2D eigenvalue weighted by atomic mass is 10.1. The predicted molar refractivity (Wildman–Crippen MR) is 90.1 cm³/mol. The molecular weight excluding hydrogens is 272 g/mol. The van der Waals surface area contributed by atoms with Crippen molar-refractivity contribution in [2.75, 3.05) is 11.4 Å². The first-order valence-electron chi connectivity index (χ1n) is 7.93. The molecule has 0 bridgehead atoms. The van der Waals surface area contributed by atoms with Crippen molar-refractivity contribution in [1.82, 2.24) is 5.32 Å². The Hall–Kier alpha value is -2.29. The maximum Gasteiger partial charge on any atom is 0.322 e. The zero-order chi connectivity index (χ0) is 15.4. The van der Waals surface area contributed by atoms with Crippen molar-refractivity contribution in [2.45, 2.75) is 32.7 Å². The molecule has 2 amide bonds. The van der Waals surface area contributed by atoms with E-state index < -0.39 is 0 Å². The molecule has 1 aliphatic heterocycles. The van der Waals surface area contributed by atoms with Crippen molar-refractivity contribution in [3.05, 3.63) is 65.2 Å². The monoisotopic (exact) mass is 294 g/mol. The fraction of sp³-hybridized carbons (Fsp3) is 0.316. The average Bonchev–Trinajstić information content (AvgIpc) is 2.75. The van der Waals surface area contributed by atoms with Gasteiger partial charge in [-0.1, -0.05) is 48.0 Å². The predicted octanol–water partition coefficient (Wildman–Crippen LogP) is 4.05. The van der Waals surface area contributed by atoms with E-state index in [4.69, 9.17) is 0 Å². The zero-order valence-corrected chi connectivity index (χ0v) is 13.0. The van der Waals surface area contributed by atoms with Gasteiger partial charge in [-0.15, -0.1) is 0 Å². The van der Waals surface area contributed by atoms with E-state index in [1.165, 1.54) is 11.1 Å². The smallest absolute Gasteiger partial charge is 0.322 e. The first-order chi connectivity index (χ1) is 10.7. The Morgan fingerprint density at radius 3 is 2.86 bits per heavy atom. The highest BCUT2D eigenvalue weighted by molar-refractivity contribution is 5.92. The van der Waals surface area contributed by atoms with E-state index in [1.54, 1.807) is 0 Å². The van der Waals surface area contributed by atoms with Crippen LogP contribution in [0.3, 0.4) is 0 Å². The van der Waals surface area contributed by atoms with Crippen LogP contribution in [0.1, 0.15) is 29.5 Å². The average molecular weight is 294 g/mol. The summed E-state index contributed by atoms with van der Waals surface area (Å²) in [6.45, 7) is 3.42. The highest BCUT2D eigenvalue weighted by Gasteiger charge is 2.20. The molecule has 0 unspecified atom stereocenters. The number of hydrogen-bond acceptors (Lipinski definition) is 1. The van der Waals surface area contributed by atoms with E-state index in [2.05, 4.69) is 30.4 Å². The number of para-hydroxylation sites is 1. The van der Waals surface area contributed by atoms with E-state index >= 15 is 0 Å². The molecule has 0 aliphatic carbocycles. The number of urea groups is 1. The van der Waals surface area contributed by atoms with Crippen molar-refractivity contribution in [3.8, 4) is 0 Å². The van der Waals surface area contributed by atoms with Gasteiger partial charge in [-0.05, 0) is 43.4 Å². The van der Waals surface area contributed by atoms with E-state index in [0.717, 1.165) is 37.1 Å². The van der Waals surface area contributed by atoms with Gasteiger partial charge in [0.15, 0.2) is 0 Å². The number of anilines is 1. The molecule has 0 radical (unpaired) electrons. The molecule has 0 saturated heterocycles. The van der Waals surface area contributed by atoms with Crippen molar-refractivity contribution in [3.63, 3.8) is 0 Å². The Balaban J connectivity index is 1.72. The number of amides is 2. The Labute approximate surface area is 132 Å². The van der Waals surface area contributed by atoms with Gasteiger partial charge in [0, 0.05) is 18.8 Å². The van der Waals surface area contributed by atoms with Gasteiger partial charge in [0.2, 0.25) is 0 Å². The molecule has 3 heteroatoms. The van der Waals surface area contributed by atoms with Crippen LogP contribution >= 0.6 is 0 Å². The van der Waals surface area contributed by atoms with Crippen LogP contribution in [0.4, 0.5) is 10.5 Å². The number of fused-ring (bicyclic) bond motifs is 1. The second-order valence-corrected chi connectivity index (χ2v) is 5.89. The first-order valence-corrected chi connectivity index (χ1v) is 7.93. The summed E-state index contributed by atoms with van der Waals surface area (Å²) < 4.78 is 0. The van der Waals surface area contributed by atoms with Crippen LogP contribution in [0.25, 0.3) is 0 Å². The number of nitrogens with one attached hydrogen (secondary N) is 1. The summed E-state index contributed by atoms with van der Waals surface area (Å²) >= 11 is 0. The zero-order valence-electron chi connectivity index (χ0n) is 13.0. The van der Waals surface area contributed by atoms with Gasteiger partial charge >= 0.3 is 6.03 Å². The summed E-state index contributed by atoms with van der Waals surface area (Å²) in [6, 6.07) is 16.5. The topological polar surface area (TPSA) is 32.3 Å². The summed E-state index contributed by atoms with van der Waals surface area (Å²) in [6.07, 6.45) is 3.24. The molecule has 22 heavy (non-hydrogen) atoms. The summed E-state index contributed by atoms with van der Waals surface area (Å²) in [4.78, 5) is 14.5. The third kappa shape index (κ3) is 3.30. The van der Waals surface area contributed by atoms with Crippen LogP contribution in [0.2, 0.25) is 0 Å². The summed E-state index contributed by atoms with van der Waals surface area (Å²) in [5.74, 6) is 0. The quantitative estimate of drug-likeness (QED) is 0.890. The number of benzene rings is 2. The minimum Gasteiger partial charge on any atom is -0.334 e. The van der Waals surface area contributed by atoms with E-state index in [0.29, 0.717) is 6.54 Å². The molecule has 2 aromatic rings. The summed E-state index contributed by atoms with van der Waals surface area (Å²) in [5, 5.41) is 3.05. The lowest BCUT2D eigenvalue weighted by Gasteiger charge is -2.23. The third-order valence-electron chi connectivity index (χ3n) is 4.13. The molecule has 3 rings (SSSR count). The molecule has 3 nitrogen and oxygen atoms in total. The van der Waals surface area contributed by atoms with Gasteiger partial charge in [-0.25, -0.2) is 4.79 Å². The maximum atomic E-state index is 12.6. The van der Waals surface area contributed by atoms with Crippen LogP contribution < -0.4 is 10.2 Å². The fourth-order valence-electron chi connectivity index (χ4n) is 3.00. The standard InChI is InChI=1S/C19H22N2O/c1-15-7-6-8-16(13-15)14-20-19(22)21-12-5-4-10-17-9-2-3-11-18(17)21/h2-3,6-9,11,13H,4-5,10,12,14H2,1H3,(H,20,22). The highest BCUT2D eigenvalue weighted by atomic mass is 16.2. The van der Waals surface area contributed by atoms with E-state index in [9.17, 15) is 4.79 Å². The van der Waals surface area contributed by atoms with Gasteiger partial charge in [0.1, 0.15) is 0 Å². The van der Waals surface area contributed by atoms with Gasteiger partial charge in [0.05, 0.1) is 0 Å². The molecule has 0 atom stereocenters. The van der Waals surface area contributed by atoms with Crippen molar-refractivity contribution in [2.24, 2.45) is 0 Å². The Morgan fingerprint density at radius 2 is 2.00 bits per heavy atom. The SMILES string of the molecule is Cc1cccc(CNC(=O)N2CCCCc3ccccc32)c1. The number of nitrogens with zero attached hydrogens (tertiary/aromatic N) is 1. The molecule has 1 N–H and O–H groups in total. The highest BCUT2D eigenvalue weighted by Crippen LogP contribution is 2.26. The molecule has 0 saturated carbocycles. The van der Waals surface area contributed by atoms with Crippen LogP contribution in [0.15, 0.2) is 48.5 Å². The second kappa shape index (κ2) is 6.65. The number of carbonyl (C=O) groups excluding carboxylic acids is 1. The summed E-state index contributed by atoms with van der Waals surface area (Å²) in [7, 11) is 0. The van der Waals surface area contributed by atoms with Crippen LogP contribution in [-0.4, -0.2) is 12.6 Å². The molecule has 0 aromatic heterocycles. The van der Waals surface area contributed by atoms with Gasteiger partial charge in [-0.2, -0.15) is 0 Å². The minimum absolute atomic E-state index is 0.00384. The lowest BCUT2D eigenvalue weighted by Crippen LogP contribution is -2.40. The molecule has 1 heterocycles. The molecule has 0 spiro atoms. The molecule has 1 aliphatic rings. The third-order valence-corrected chi connectivity index (χ3v) is 4.13. The molecule has 2 aromatic carbocycles. The minimum atomic E-state index is -0.00384. The van der Waals surface area contributed by atoms with Gasteiger partial charge in [-0.3, -0.25) is 4.90 Å². The maximum absolute atomic E-state index is 12.6. The fourth-order valence-corrected chi connectivity index (χ4v) is 3.00. The van der Waals surface area contributed by atoms with E-state index in [-0.39, 0.29) is 6.03 Å². The lowest BCUT2D eigenvalue weighted by molar-refractivity contribution is 0.246. The van der Waals surface area contributed by atoms with Crippen LogP contribution in [-0.2, 0) is 13.0 Å².